The van der Waals surface area contributed by atoms with E-state index >= 15 is 0 Å². The normalized spacial score (nSPS) is 11.3. The Labute approximate surface area is 189 Å². The molecule has 0 saturated carbocycles. The van der Waals surface area contributed by atoms with Crippen LogP contribution in [0.2, 0.25) is 5.02 Å². The first-order valence-electron chi connectivity index (χ1n) is 9.14. The molecule has 3 aromatic carbocycles. The Balaban J connectivity index is 1.74. The summed E-state index contributed by atoms with van der Waals surface area (Å²) in [6, 6.07) is 16.7. The summed E-state index contributed by atoms with van der Waals surface area (Å²) in [5.74, 6) is 0.622. The molecule has 0 heterocycles. The van der Waals surface area contributed by atoms with E-state index in [1.54, 1.807) is 30.3 Å². The van der Waals surface area contributed by atoms with Crippen LogP contribution in [0, 0.1) is 10.1 Å². The first-order chi connectivity index (χ1) is 15.3. The number of benzene rings is 3. The summed E-state index contributed by atoms with van der Waals surface area (Å²) < 4.78 is 35.5. The number of hydrazone groups is 1. The lowest BCUT2D eigenvalue weighted by Crippen LogP contribution is -2.18. The van der Waals surface area contributed by atoms with Crippen LogP contribution < -0.4 is 14.3 Å². The molecule has 0 unspecified atom stereocenters. The van der Waals surface area contributed by atoms with Crippen molar-refractivity contribution in [3.8, 4) is 11.5 Å². The molecule has 0 aliphatic rings. The van der Waals surface area contributed by atoms with Gasteiger partial charge < -0.3 is 9.47 Å². The highest BCUT2D eigenvalue weighted by atomic mass is 35.5. The quantitative estimate of drug-likeness (QED) is 0.282. The van der Waals surface area contributed by atoms with E-state index < -0.39 is 14.9 Å². The van der Waals surface area contributed by atoms with Crippen molar-refractivity contribution in [3.05, 3.63) is 93.0 Å². The van der Waals surface area contributed by atoms with Gasteiger partial charge in [0.2, 0.25) is 0 Å². The molecule has 0 aromatic heterocycles. The number of methoxy groups -OCH3 is 1. The fraction of sp³-hybridized carbons (Fsp3) is 0.0952. The summed E-state index contributed by atoms with van der Waals surface area (Å²) in [6.45, 7) is -0.00773. The maximum absolute atomic E-state index is 12.3. The van der Waals surface area contributed by atoms with E-state index in [2.05, 4.69) is 9.93 Å². The Morgan fingerprint density at radius 1 is 1.09 bits per heavy atom. The van der Waals surface area contributed by atoms with Crippen LogP contribution in [0.15, 0.2) is 76.7 Å². The molecule has 0 amide bonds. The molecule has 0 aliphatic carbocycles. The molecule has 0 radical (unpaired) electrons. The van der Waals surface area contributed by atoms with Crippen LogP contribution in [0.1, 0.15) is 11.1 Å². The Bertz CT molecular complexity index is 1250. The molecule has 0 bridgehead atoms. The van der Waals surface area contributed by atoms with E-state index in [0.717, 1.165) is 0 Å². The second-order valence-corrected chi connectivity index (χ2v) is 8.49. The smallest absolute Gasteiger partial charge is 0.310 e. The molecular weight excluding hydrogens is 458 g/mol. The minimum absolute atomic E-state index is 0.00773. The number of hydrogen-bond acceptors (Lipinski definition) is 7. The third-order valence-electron chi connectivity index (χ3n) is 4.26. The van der Waals surface area contributed by atoms with Gasteiger partial charge in [-0.3, -0.25) is 10.1 Å². The van der Waals surface area contributed by atoms with E-state index in [1.165, 1.54) is 49.7 Å². The fourth-order valence-corrected chi connectivity index (χ4v) is 3.63. The molecule has 0 aliphatic heterocycles. The van der Waals surface area contributed by atoms with Crippen molar-refractivity contribution in [1.29, 1.82) is 0 Å². The number of nitrogens with zero attached hydrogens (tertiary/aromatic N) is 2. The van der Waals surface area contributed by atoms with Gasteiger partial charge in [-0.25, -0.2) is 4.83 Å². The third-order valence-corrected chi connectivity index (χ3v) is 5.75. The van der Waals surface area contributed by atoms with Crippen LogP contribution >= 0.6 is 11.6 Å². The molecule has 166 valence electrons. The van der Waals surface area contributed by atoms with E-state index in [-0.39, 0.29) is 22.9 Å². The summed E-state index contributed by atoms with van der Waals surface area (Å²) in [7, 11) is -2.37. The number of nitro benzene ring substituents is 1. The topological polar surface area (TPSA) is 120 Å². The van der Waals surface area contributed by atoms with Crippen LogP contribution in [0.5, 0.6) is 11.5 Å². The molecule has 0 fully saturated rings. The number of para-hydroxylation sites is 2. The van der Waals surface area contributed by atoms with E-state index in [1.807, 2.05) is 0 Å². The van der Waals surface area contributed by atoms with Crippen molar-refractivity contribution in [1.82, 2.24) is 4.83 Å². The zero-order chi connectivity index (χ0) is 23.1. The molecule has 1 N–H and O–H groups in total. The van der Waals surface area contributed by atoms with Gasteiger partial charge in [-0.15, -0.1) is 0 Å². The van der Waals surface area contributed by atoms with Gasteiger partial charge in [0.1, 0.15) is 12.4 Å². The lowest BCUT2D eigenvalue weighted by Gasteiger charge is -2.11. The van der Waals surface area contributed by atoms with Gasteiger partial charge in [-0.1, -0.05) is 23.7 Å². The summed E-state index contributed by atoms with van der Waals surface area (Å²) in [5, 5.41) is 15.4. The summed E-state index contributed by atoms with van der Waals surface area (Å²) >= 11 is 5.78. The second kappa shape index (κ2) is 10.1. The SMILES string of the molecule is COc1ccc(/C=N\NS(=O)(=O)c2ccc(Cl)cc2)cc1COc1ccccc1[N+](=O)[O-]. The number of nitro groups is 1. The minimum atomic E-state index is -3.85. The predicted molar refractivity (Wildman–Crippen MR) is 120 cm³/mol. The highest BCUT2D eigenvalue weighted by molar-refractivity contribution is 7.89. The molecule has 0 spiro atoms. The monoisotopic (exact) mass is 475 g/mol. The zero-order valence-corrected chi connectivity index (χ0v) is 18.3. The average Bonchev–Trinajstić information content (AvgIpc) is 2.78. The lowest BCUT2D eigenvalue weighted by molar-refractivity contribution is -0.385. The number of ether oxygens (including phenoxy) is 2. The standard InChI is InChI=1S/C21H18ClN3O6S/c1-30-20-11-6-15(13-23-24-32(28,29)18-9-7-17(22)8-10-18)12-16(20)14-31-21-5-3-2-4-19(21)25(26)27/h2-13,24H,14H2,1H3/b23-13-. The molecule has 11 heteroatoms. The van der Waals surface area contributed by atoms with Crippen LogP contribution in [-0.4, -0.2) is 26.7 Å². The van der Waals surface area contributed by atoms with Crippen LogP contribution in [-0.2, 0) is 16.6 Å². The Hall–Kier alpha value is -3.63. The molecular formula is C21H18ClN3O6S. The number of sulfonamides is 1. The maximum Gasteiger partial charge on any atom is 0.310 e. The lowest BCUT2D eigenvalue weighted by atomic mass is 10.1. The summed E-state index contributed by atoms with van der Waals surface area (Å²) in [5.41, 5.74) is 1.00. The van der Waals surface area contributed by atoms with E-state index in [4.69, 9.17) is 21.1 Å². The highest BCUT2D eigenvalue weighted by Gasteiger charge is 2.15. The summed E-state index contributed by atoms with van der Waals surface area (Å²) in [4.78, 5) is 12.8. The van der Waals surface area contributed by atoms with Crippen LogP contribution in [0.3, 0.4) is 0 Å². The number of hydrogen-bond donors (Lipinski definition) is 1. The van der Waals surface area contributed by atoms with Crippen molar-refractivity contribution < 1.29 is 22.8 Å². The Morgan fingerprint density at radius 2 is 1.81 bits per heavy atom. The predicted octanol–water partition coefficient (Wildman–Crippen LogP) is 4.15. The minimum Gasteiger partial charge on any atom is -0.496 e. The highest BCUT2D eigenvalue weighted by Crippen LogP contribution is 2.28. The Morgan fingerprint density at radius 3 is 2.50 bits per heavy atom. The number of halogens is 1. The fourth-order valence-electron chi connectivity index (χ4n) is 2.71. The van der Waals surface area contributed by atoms with Crippen molar-refractivity contribution in [2.24, 2.45) is 5.10 Å². The van der Waals surface area contributed by atoms with Crippen LogP contribution in [0.4, 0.5) is 5.69 Å². The van der Waals surface area contributed by atoms with Gasteiger partial charge in [0.25, 0.3) is 10.0 Å². The van der Waals surface area contributed by atoms with Gasteiger partial charge >= 0.3 is 5.69 Å². The zero-order valence-electron chi connectivity index (χ0n) is 16.8. The first-order valence-corrected chi connectivity index (χ1v) is 11.0. The van der Waals surface area contributed by atoms with Gasteiger partial charge in [0.05, 0.1) is 23.1 Å². The molecule has 0 saturated heterocycles. The molecule has 0 atom stereocenters. The molecule has 9 nitrogen and oxygen atoms in total. The van der Waals surface area contributed by atoms with Gasteiger partial charge in [-0.05, 0) is 54.1 Å². The van der Waals surface area contributed by atoms with E-state index in [9.17, 15) is 18.5 Å². The summed E-state index contributed by atoms with van der Waals surface area (Å²) in [6.07, 6.45) is 1.32. The largest absolute Gasteiger partial charge is 0.496 e. The van der Waals surface area contributed by atoms with Crippen molar-refractivity contribution in [3.63, 3.8) is 0 Å². The molecule has 32 heavy (non-hydrogen) atoms. The van der Waals surface area contributed by atoms with Crippen molar-refractivity contribution in [2.75, 3.05) is 7.11 Å². The third kappa shape index (κ3) is 5.74. The maximum atomic E-state index is 12.3. The second-order valence-electron chi connectivity index (χ2n) is 6.39. The van der Waals surface area contributed by atoms with Crippen molar-refractivity contribution >= 4 is 33.5 Å². The van der Waals surface area contributed by atoms with Gasteiger partial charge in [0, 0.05) is 16.7 Å². The van der Waals surface area contributed by atoms with E-state index in [0.29, 0.717) is 21.9 Å². The average molecular weight is 476 g/mol. The first kappa shape index (κ1) is 23.0. The Kier molecular flexibility index (Phi) is 7.29. The van der Waals surface area contributed by atoms with Crippen LogP contribution in [0.25, 0.3) is 0 Å². The van der Waals surface area contributed by atoms with Gasteiger partial charge in [-0.2, -0.15) is 13.5 Å². The number of nitrogens with one attached hydrogen (secondary N) is 1. The number of rotatable bonds is 9. The molecule has 3 rings (SSSR count). The van der Waals surface area contributed by atoms with Crippen molar-refractivity contribution in [2.45, 2.75) is 11.5 Å². The van der Waals surface area contributed by atoms with Gasteiger partial charge in [0.15, 0.2) is 5.75 Å². The molecule has 3 aromatic rings.